The third kappa shape index (κ3) is 4.49. The summed E-state index contributed by atoms with van der Waals surface area (Å²) >= 11 is 0. The van der Waals surface area contributed by atoms with Gasteiger partial charge in [-0.1, -0.05) is 43.7 Å². The average molecular weight is 248 g/mol. The summed E-state index contributed by atoms with van der Waals surface area (Å²) in [5.41, 5.74) is 8.18. The lowest BCUT2D eigenvalue weighted by atomic mass is 10.0. The molecule has 0 radical (unpaired) electrons. The van der Waals surface area contributed by atoms with E-state index in [1.165, 1.54) is 5.56 Å². The normalized spacial score (nSPS) is 14.3. The Hall–Kier alpha value is -1.35. The number of benzene rings is 1. The van der Waals surface area contributed by atoms with Crippen LogP contribution >= 0.6 is 0 Å². The van der Waals surface area contributed by atoms with Gasteiger partial charge in [-0.25, -0.2) is 0 Å². The zero-order chi connectivity index (χ0) is 13.7. The molecule has 18 heavy (non-hydrogen) atoms. The predicted octanol–water partition coefficient (Wildman–Crippen LogP) is 2.55. The van der Waals surface area contributed by atoms with Crippen molar-refractivity contribution in [1.82, 2.24) is 5.32 Å². The third-order valence-electron chi connectivity index (χ3n) is 3.00. The van der Waals surface area contributed by atoms with Crippen molar-refractivity contribution in [3.63, 3.8) is 0 Å². The highest BCUT2D eigenvalue weighted by molar-refractivity contribution is 5.81. The number of hydrogen-bond donors (Lipinski definition) is 2. The van der Waals surface area contributed by atoms with Gasteiger partial charge in [0.2, 0.25) is 5.91 Å². The van der Waals surface area contributed by atoms with Gasteiger partial charge in [-0.15, -0.1) is 0 Å². The molecule has 0 heterocycles. The van der Waals surface area contributed by atoms with Crippen LogP contribution in [0.5, 0.6) is 0 Å². The predicted molar refractivity (Wildman–Crippen MR) is 75.2 cm³/mol. The van der Waals surface area contributed by atoms with Gasteiger partial charge in [0.1, 0.15) is 0 Å². The number of rotatable bonds is 5. The first-order valence-electron chi connectivity index (χ1n) is 6.52. The van der Waals surface area contributed by atoms with Crippen LogP contribution in [0.2, 0.25) is 0 Å². The number of amides is 1. The summed E-state index contributed by atoms with van der Waals surface area (Å²) in [5.74, 6) is 0.359. The highest BCUT2D eigenvalue weighted by atomic mass is 16.2. The van der Waals surface area contributed by atoms with Crippen LogP contribution in [0.4, 0.5) is 0 Å². The molecule has 0 saturated heterocycles. The quantitative estimate of drug-likeness (QED) is 0.841. The Kier molecular flexibility index (Phi) is 5.35. The molecule has 0 aliphatic rings. The van der Waals surface area contributed by atoms with Crippen molar-refractivity contribution in [2.24, 2.45) is 11.7 Å². The zero-order valence-electron chi connectivity index (χ0n) is 11.7. The van der Waals surface area contributed by atoms with E-state index >= 15 is 0 Å². The molecule has 1 aromatic carbocycles. The number of nitrogens with two attached hydrogens (primary N) is 1. The van der Waals surface area contributed by atoms with Crippen LogP contribution in [-0.4, -0.2) is 11.9 Å². The zero-order valence-corrected chi connectivity index (χ0v) is 11.7. The van der Waals surface area contributed by atoms with Gasteiger partial charge in [0.25, 0.3) is 0 Å². The first kappa shape index (κ1) is 14.7. The Bertz CT molecular complexity index is 384. The molecule has 2 atom stereocenters. The van der Waals surface area contributed by atoms with Crippen LogP contribution in [0.25, 0.3) is 0 Å². The molecule has 0 saturated carbocycles. The van der Waals surface area contributed by atoms with Gasteiger partial charge in [-0.05, 0) is 31.7 Å². The van der Waals surface area contributed by atoms with Crippen molar-refractivity contribution in [3.05, 3.63) is 35.4 Å². The van der Waals surface area contributed by atoms with Crippen molar-refractivity contribution in [2.45, 2.75) is 46.2 Å². The monoisotopic (exact) mass is 248 g/mol. The number of hydrogen-bond acceptors (Lipinski definition) is 2. The van der Waals surface area contributed by atoms with Crippen molar-refractivity contribution < 1.29 is 4.79 Å². The third-order valence-corrected chi connectivity index (χ3v) is 3.00. The molecule has 1 amide bonds. The van der Waals surface area contributed by atoms with E-state index in [4.69, 9.17) is 5.73 Å². The molecule has 100 valence electrons. The minimum atomic E-state index is -0.419. The molecular formula is C15H24N2O. The Morgan fingerprint density at radius 2 is 1.78 bits per heavy atom. The summed E-state index contributed by atoms with van der Waals surface area (Å²) in [6.07, 6.45) is 0.715. The van der Waals surface area contributed by atoms with Gasteiger partial charge in [-0.3, -0.25) is 4.79 Å². The number of carbonyl (C=O) groups excluding carboxylic acids is 1. The highest BCUT2D eigenvalue weighted by Crippen LogP contribution is 2.13. The lowest BCUT2D eigenvalue weighted by Crippen LogP contribution is -2.42. The summed E-state index contributed by atoms with van der Waals surface area (Å²) in [5, 5.41) is 2.96. The van der Waals surface area contributed by atoms with Gasteiger partial charge >= 0.3 is 0 Å². The van der Waals surface area contributed by atoms with E-state index in [1.807, 2.05) is 38.1 Å². The van der Waals surface area contributed by atoms with E-state index in [9.17, 15) is 4.79 Å². The molecule has 1 aromatic rings. The van der Waals surface area contributed by atoms with Gasteiger partial charge in [-0.2, -0.15) is 0 Å². The second-order valence-electron chi connectivity index (χ2n) is 5.38. The summed E-state index contributed by atoms with van der Waals surface area (Å²) in [4.78, 5) is 11.9. The smallest absolute Gasteiger partial charge is 0.237 e. The molecule has 1 rings (SSSR count). The molecule has 0 bridgehead atoms. The molecule has 0 aliphatic heterocycles. The van der Waals surface area contributed by atoms with Gasteiger partial charge in [0.15, 0.2) is 0 Å². The van der Waals surface area contributed by atoms with Crippen molar-refractivity contribution >= 4 is 5.91 Å². The molecule has 0 fully saturated rings. The molecule has 3 N–H and O–H groups in total. The summed E-state index contributed by atoms with van der Waals surface area (Å²) in [6, 6.07) is 7.75. The maximum absolute atomic E-state index is 11.9. The fraction of sp³-hybridized carbons (Fsp3) is 0.533. The lowest BCUT2D eigenvalue weighted by molar-refractivity contribution is -0.123. The summed E-state index contributed by atoms with van der Waals surface area (Å²) in [6.45, 7) is 8.16. The molecule has 0 aliphatic carbocycles. The maximum atomic E-state index is 11.9. The van der Waals surface area contributed by atoms with E-state index in [0.717, 1.165) is 5.56 Å². The van der Waals surface area contributed by atoms with Crippen LogP contribution in [0.15, 0.2) is 24.3 Å². The van der Waals surface area contributed by atoms with E-state index in [-0.39, 0.29) is 11.9 Å². The van der Waals surface area contributed by atoms with E-state index in [1.54, 1.807) is 0 Å². The molecule has 0 unspecified atom stereocenters. The van der Waals surface area contributed by atoms with Crippen LogP contribution in [0.1, 0.15) is 44.4 Å². The highest BCUT2D eigenvalue weighted by Gasteiger charge is 2.17. The maximum Gasteiger partial charge on any atom is 0.237 e. The van der Waals surface area contributed by atoms with Gasteiger partial charge in [0, 0.05) is 0 Å². The van der Waals surface area contributed by atoms with Gasteiger partial charge in [0.05, 0.1) is 12.1 Å². The number of nitrogens with one attached hydrogen (secondary N) is 1. The topological polar surface area (TPSA) is 55.1 Å². The van der Waals surface area contributed by atoms with Crippen LogP contribution in [0.3, 0.4) is 0 Å². The largest absolute Gasteiger partial charge is 0.348 e. The number of aryl methyl sites for hydroxylation is 1. The summed E-state index contributed by atoms with van der Waals surface area (Å²) < 4.78 is 0. The Balaban J connectivity index is 2.56. The van der Waals surface area contributed by atoms with E-state index < -0.39 is 6.04 Å². The van der Waals surface area contributed by atoms with Gasteiger partial charge < -0.3 is 11.1 Å². The van der Waals surface area contributed by atoms with Crippen molar-refractivity contribution in [2.75, 3.05) is 0 Å². The minimum absolute atomic E-state index is 0.00341. The van der Waals surface area contributed by atoms with Crippen LogP contribution in [0, 0.1) is 12.8 Å². The number of carbonyl (C=O) groups is 1. The molecule has 0 spiro atoms. The fourth-order valence-electron chi connectivity index (χ4n) is 1.87. The molecule has 3 heteroatoms. The van der Waals surface area contributed by atoms with Crippen molar-refractivity contribution in [1.29, 1.82) is 0 Å². The molecule has 3 nitrogen and oxygen atoms in total. The first-order valence-corrected chi connectivity index (χ1v) is 6.52. The van der Waals surface area contributed by atoms with Crippen LogP contribution in [-0.2, 0) is 4.79 Å². The van der Waals surface area contributed by atoms with E-state index in [0.29, 0.717) is 12.3 Å². The fourth-order valence-corrected chi connectivity index (χ4v) is 1.87. The second-order valence-corrected chi connectivity index (χ2v) is 5.38. The standard InChI is InChI=1S/C15H24N2O/c1-10(2)9-14(16)15(18)17-12(4)13-7-5-11(3)6-8-13/h5-8,10,12,14H,9,16H2,1-4H3,(H,17,18)/t12-,14-/m0/s1. The summed E-state index contributed by atoms with van der Waals surface area (Å²) in [7, 11) is 0. The van der Waals surface area contributed by atoms with E-state index in [2.05, 4.69) is 19.2 Å². The lowest BCUT2D eigenvalue weighted by Gasteiger charge is -2.19. The van der Waals surface area contributed by atoms with Crippen LogP contribution < -0.4 is 11.1 Å². The SMILES string of the molecule is Cc1ccc([C@H](C)NC(=O)[C@@H](N)CC(C)C)cc1. The minimum Gasteiger partial charge on any atom is -0.348 e. The second kappa shape index (κ2) is 6.55. The Morgan fingerprint density at radius 3 is 2.28 bits per heavy atom. The molecule has 0 aromatic heterocycles. The Morgan fingerprint density at radius 1 is 1.22 bits per heavy atom. The average Bonchev–Trinajstić information content (AvgIpc) is 2.28. The molecular weight excluding hydrogens is 224 g/mol. The van der Waals surface area contributed by atoms with Crippen molar-refractivity contribution in [3.8, 4) is 0 Å². The first-order chi connectivity index (χ1) is 8.40. The Labute approximate surface area is 110 Å².